The SMILES string of the molecule is CN(C)c1c(F)cc(F)c(F)c1[N+](=O)[O-]. The number of benzene rings is 1. The maximum Gasteiger partial charge on any atom is 0.333 e. The summed E-state index contributed by atoms with van der Waals surface area (Å²) >= 11 is 0. The Balaban J connectivity index is 3.62. The summed E-state index contributed by atoms with van der Waals surface area (Å²) in [5.41, 5.74) is -1.78. The number of nitro groups is 1. The topological polar surface area (TPSA) is 46.4 Å². The van der Waals surface area contributed by atoms with Gasteiger partial charge in [0.25, 0.3) is 0 Å². The molecule has 0 amide bonds. The highest BCUT2D eigenvalue weighted by atomic mass is 19.2. The summed E-state index contributed by atoms with van der Waals surface area (Å²) in [6.45, 7) is 0. The zero-order valence-electron chi connectivity index (χ0n) is 7.92. The van der Waals surface area contributed by atoms with Gasteiger partial charge in [-0.3, -0.25) is 10.1 Å². The quantitative estimate of drug-likeness (QED) is 0.435. The number of anilines is 1. The Morgan fingerprint density at radius 2 is 1.80 bits per heavy atom. The van der Waals surface area contributed by atoms with Crippen LogP contribution in [0, 0.1) is 27.6 Å². The normalized spacial score (nSPS) is 10.2. The van der Waals surface area contributed by atoms with Gasteiger partial charge in [0.05, 0.1) is 4.92 Å². The van der Waals surface area contributed by atoms with Gasteiger partial charge < -0.3 is 4.90 Å². The fourth-order valence-electron chi connectivity index (χ4n) is 1.17. The standard InChI is InChI=1S/C8H7F3N2O2/c1-12(2)7-5(10)3-4(9)6(11)8(7)13(14)15/h3H,1-2H3. The molecule has 0 aliphatic heterocycles. The van der Waals surface area contributed by atoms with Gasteiger partial charge in [-0.05, 0) is 0 Å². The van der Waals surface area contributed by atoms with E-state index >= 15 is 0 Å². The summed E-state index contributed by atoms with van der Waals surface area (Å²) in [7, 11) is 2.59. The van der Waals surface area contributed by atoms with Crippen molar-refractivity contribution in [1.82, 2.24) is 0 Å². The lowest BCUT2D eigenvalue weighted by Crippen LogP contribution is -2.15. The number of rotatable bonds is 2. The van der Waals surface area contributed by atoms with E-state index in [1.165, 1.54) is 14.1 Å². The molecule has 7 heteroatoms. The summed E-state index contributed by atoms with van der Waals surface area (Å²) in [5.74, 6) is -4.42. The molecule has 4 nitrogen and oxygen atoms in total. The Morgan fingerprint density at radius 1 is 1.27 bits per heavy atom. The van der Waals surface area contributed by atoms with E-state index in [1.807, 2.05) is 0 Å². The van der Waals surface area contributed by atoms with Gasteiger partial charge in [0.2, 0.25) is 5.82 Å². The minimum atomic E-state index is -1.66. The van der Waals surface area contributed by atoms with Crippen LogP contribution in [0.4, 0.5) is 24.5 Å². The van der Waals surface area contributed by atoms with Gasteiger partial charge in [0, 0.05) is 20.2 Å². The Hall–Kier alpha value is -1.79. The average molecular weight is 220 g/mol. The number of hydrogen-bond acceptors (Lipinski definition) is 3. The van der Waals surface area contributed by atoms with Crippen molar-refractivity contribution < 1.29 is 18.1 Å². The van der Waals surface area contributed by atoms with E-state index in [1.54, 1.807) is 0 Å². The first-order valence-corrected chi connectivity index (χ1v) is 3.85. The predicted octanol–water partition coefficient (Wildman–Crippen LogP) is 2.08. The van der Waals surface area contributed by atoms with Crippen LogP contribution in [-0.2, 0) is 0 Å². The molecule has 0 heterocycles. The van der Waals surface area contributed by atoms with E-state index in [0.29, 0.717) is 0 Å². The zero-order valence-corrected chi connectivity index (χ0v) is 7.92. The number of hydrogen-bond donors (Lipinski definition) is 0. The van der Waals surface area contributed by atoms with Crippen LogP contribution >= 0.6 is 0 Å². The van der Waals surface area contributed by atoms with Gasteiger partial charge in [-0.2, -0.15) is 4.39 Å². The first-order chi connectivity index (χ1) is 6.86. The Bertz CT molecular complexity index is 421. The molecule has 82 valence electrons. The van der Waals surface area contributed by atoms with Gasteiger partial charge in [-0.1, -0.05) is 0 Å². The van der Waals surface area contributed by atoms with Crippen molar-refractivity contribution in [3.05, 3.63) is 33.6 Å². The van der Waals surface area contributed by atoms with Gasteiger partial charge >= 0.3 is 5.69 Å². The van der Waals surface area contributed by atoms with Gasteiger partial charge in [0.15, 0.2) is 17.3 Å². The Labute approximate surface area is 83.1 Å². The first kappa shape index (κ1) is 11.3. The highest BCUT2D eigenvalue weighted by Gasteiger charge is 2.29. The maximum atomic E-state index is 13.1. The molecule has 0 saturated carbocycles. The Morgan fingerprint density at radius 3 is 2.20 bits per heavy atom. The maximum absolute atomic E-state index is 13.1. The molecule has 0 atom stereocenters. The minimum Gasteiger partial charge on any atom is -0.370 e. The smallest absolute Gasteiger partial charge is 0.333 e. The van der Waals surface area contributed by atoms with Crippen molar-refractivity contribution in [2.75, 3.05) is 19.0 Å². The highest BCUT2D eigenvalue weighted by Crippen LogP contribution is 2.33. The van der Waals surface area contributed by atoms with Crippen LogP contribution in [0.15, 0.2) is 6.07 Å². The lowest BCUT2D eigenvalue weighted by molar-refractivity contribution is -0.387. The lowest BCUT2D eigenvalue weighted by atomic mass is 10.2. The van der Waals surface area contributed by atoms with E-state index < -0.39 is 33.7 Å². The van der Waals surface area contributed by atoms with Crippen molar-refractivity contribution in [2.45, 2.75) is 0 Å². The van der Waals surface area contributed by atoms with Crippen molar-refractivity contribution in [2.24, 2.45) is 0 Å². The first-order valence-electron chi connectivity index (χ1n) is 3.85. The van der Waals surface area contributed by atoms with E-state index in [2.05, 4.69) is 0 Å². The molecule has 15 heavy (non-hydrogen) atoms. The van der Waals surface area contributed by atoms with Crippen LogP contribution < -0.4 is 4.90 Å². The van der Waals surface area contributed by atoms with Crippen molar-refractivity contribution in [1.29, 1.82) is 0 Å². The predicted molar refractivity (Wildman–Crippen MR) is 47.3 cm³/mol. The van der Waals surface area contributed by atoms with Crippen LogP contribution in [0.2, 0.25) is 0 Å². The number of nitrogens with zero attached hydrogens (tertiary/aromatic N) is 2. The van der Waals surface area contributed by atoms with E-state index in [4.69, 9.17) is 0 Å². The second-order valence-corrected chi connectivity index (χ2v) is 3.00. The molecular weight excluding hydrogens is 213 g/mol. The molecule has 0 aliphatic rings. The van der Waals surface area contributed by atoms with E-state index in [-0.39, 0.29) is 6.07 Å². The highest BCUT2D eigenvalue weighted by molar-refractivity contribution is 5.64. The molecule has 0 aliphatic carbocycles. The fraction of sp³-hybridized carbons (Fsp3) is 0.250. The summed E-state index contributed by atoms with van der Waals surface area (Å²) < 4.78 is 38.9. The molecular formula is C8H7F3N2O2. The second-order valence-electron chi connectivity index (χ2n) is 3.00. The fourth-order valence-corrected chi connectivity index (χ4v) is 1.17. The zero-order chi connectivity index (χ0) is 11.7. The molecule has 0 bridgehead atoms. The number of halogens is 3. The molecule has 0 radical (unpaired) electrons. The Kier molecular flexibility index (Phi) is 2.83. The van der Waals surface area contributed by atoms with Gasteiger partial charge in [-0.25, -0.2) is 8.78 Å². The molecule has 0 saturated heterocycles. The molecule has 1 aromatic rings. The molecule has 0 aromatic heterocycles. The van der Waals surface area contributed by atoms with Crippen LogP contribution in [0.1, 0.15) is 0 Å². The monoisotopic (exact) mass is 220 g/mol. The van der Waals surface area contributed by atoms with Gasteiger partial charge in [0.1, 0.15) is 0 Å². The lowest BCUT2D eigenvalue weighted by Gasteiger charge is -2.13. The molecule has 0 unspecified atom stereocenters. The van der Waals surface area contributed by atoms with E-state index in [0.717, 1.165) is 4.90 Å². The van der Waals surface area contributed by atoms with Crippen LogP contribution in [0.5, 0.6) is 0 Å². The van der Waals surface area contributed by atoms with Crippen LogP contribution in [-0.4, -0.2) is 19.0 Å². The summed E-state index contributed by atoms with van der Waals surface area (Å²) in [6.07, 6.45) is 0. The summed E-state index contributed by atoms with van der Waals surface area (Å²) in [4.78, 5) is 10.3. The summed E-state index contributed by atoms with van der Waals surface area (Å²) in [5, 5.41) is 10.5. The third-order valence-corrected chi connectivity index (χ3v) is 1.75. The largest absolute Gasteiger partial charge is 0.370 e. The average Bonchev–Trinajstić information content (AvgIpc) is 2.09. The molecule has 0 fully saturated rings. The van der Waals surface area contributed by atoms with E-state index in [9.17, 15) is 23.3 Å². The minimum absolute atomic E-state index is 0.275. The van der Waals surface area contributed by atoms with Crippen molar-refractivity contribution in [3.63, 3.8) is 0 Å². The third-order valence-electron chi connectivity index (χ3n) is 1.75. The molecule has 0 N–H and O–H groups in total. The van der Waals surface area contributed by atoms with Crippen molar-refractivity contribution in [3.8, 4) is 0 Å². The van der Waals surface area contributed by atoms with Crippen LogP contribution in [0.25, 0.3) is 0 Å². The van der Waals surface area contributed by atoms with Crippen molar-refractivity contribution >= 4 is 11.4 Å². The summed E-state index contributed by atoms with van der Waals surface area (Å²) in [6, 6.07) is 0.275. The second kappa shape index (κ2) is 3.76. The molecule has 1 rings (SSSR count). The number of nitro benzene ring substituents is 1. The molecule has 1 aromatic carbocycles. The van der Waals surface area contributed by atoms with Crippen LogP contribution in [0.3, 0.4) is 0 Å². The third kappa shape index (κ3) is 1.85. The molecule has 0 spiro atoms. The van der Waals surface area contributed by atoms with Gasteiger partial charge in [-0.15, -0.1) is 0 Å².